The summed E-state index contributed by atoms with van der Waals surface area (Å²) in [7, 11) is 4.02. The second-order valence-electron chi connectivity index (χ2n) is 9.20. The van der Waals surface area contributed by atoms with Gasteiger partial charge in [0.25, 0.3) is 0 Å². The van der Waals surface area contributed by atoms with Crippen LogP contribution in [0.5, 0.6) is 0 Å². The maximum Gasteiger partial charge on any atom is 0.219 e. The van der Waals surface area contributed by atoms with Gasteiger partial charge in [0.05, 0.1) is 27.2 Å². The van der Waals surface area contributed by atoms with Crippen molar-refractivity contribution >= 4 is 11.9 Å². The minimum Gasteiger partial charge on any atom is -0.550 e. The van der Waals surface area contributed by atoms with Crippen molar-refractivity contribution < 1.29 is 19.2 Å². The molecule has 172 valence electrons. The molecule has 0 spiro atoms. The molecule has 0 heterocycles. The minimum atomic E-state index is -0.998. The number of carboxylic acids is 1. The fourth-order valence-corrected chi connectivity index (χ4v) is 3.63. The zero-order valence-corrected chi connectivity index (χ0v) is 19.6. The van der Waals surface area contributed by atoms with Gasteiger partial charge in [0.1, 0.15) is 0 Å². The standard InChI is InChI=1S/C24H48N2O3/c1-4-5-6-7-8-9-10-11-12-13-14-15-16-18-23(27)25-20-17-21-26(2,3)22-19-24(28)29/h4-22H2,1-3H3,(H-,25,27,28,29). The van der Waals surface area contributed by atoms with Crippen molar-refractivity contribution in [3.63, 3.8) is 0 Å². The molecular formula is C24H48N2O3. The van der Waals surface area contributed by atoms with E-state index in [1.165, 1.54) is 70.6 Å². The van der Waals surface area contributed by atoms with E-state index < -0.39 is 5.97 Å². The maximum absolute atomic E-state index is 11.9. The van der Waals surface area contributed by atoms with Gasteiger partial charge in [-0.05, 0) is 6.42 Å². The average Bonchev–Trinajstić information content (AvgIpc) is 2.67. The number of hydrogen-bond donors (Lipinski definition) is 1. The van der Waals surface area contributed by atoms with Crippen LogP contribution in [0, 0.1) is 0 Å². The van der Waals surface area contributed by atoms with E-state index in [-0.39, 0.29) is 12.3 Å². The van der Waals surface area contributed by atoms with Gasteiger partial charge in [-0.25, -0.2) is 0 Å². The quantitative estimate of drug-likeness (QED) is 0.227. The van der Waals surface area contributed by atoms with Gasteiger partial charge in [-0.15, -0.1) is 0 Å². The third kappa shape index (κ3) is 21.4. The molecule has 0 aliphatic carbocycles. The first kappa shape index (κ1) is 27.9. The van der Waals surface area contributed by atoms with Crippen LogP contribution in [-0.2, 0) is 9.59 Å². The Morgan fingerprint density at radius 1 is 0.690 bits per heavy atom. The van der Waals surface area contributed by atoms with Crippen LogP contribution in [0.1, 0.15) is 110 Å². The van der Waals surface area contributed by atoms with Crippen LogP contribution in [0.25, 0.3) is 0 Å². The Balaban J connectivity index is 3.37. The Kier molecular flexibility index (Phi) is 18.2. The lowest BCUT2D eigenvalue weighted by atomic mass is 10.0. The topological polar surface area (TPSA) is 69.2 Å². The number of nitrogens with zero attached hydrogens (tertiary/aromatic N) is 1. The number of quaternary nitrogens is 1. The summed E-state index contributed by atoms with van der Waals surface area (Å²) in [6.45, 7) is 4.35. The average molecular weight is 413 g/mol. The predicted octanol–water partition coefficient (Wildman–Crippen LogP) is 4.19. The zero-order chi connectivity index (χ0) is 21.8. The SMILES string of the molecule is CCCCCCCCCCCCCCCC(=O)NCCC[N+](C)(C)CCC(=O)[O-]. The van der Waals surface area contributed by atoms with Gasteiger partial charge in [-0.1, -0.05) is 84.0 Å². The zero-order valence-electron chi connectivity index (χ0n) is 19.6. The van der Waals surface area contributed by atoms with Crippen molar-refractivity contribution in [2.24, 2.45) is 0 Å². The van der Waals surface area contributed by atoms with Crippen LogP contribution in [0.15, 0.2) is 0 Å². The highest BCUT2D eigenvalue weighted by atomic mass is 16.4. The Hall–Kier alpha value is -1.10. The molecule has 1 N–H and O–H groups in total. The molecule has 0 aromatic heterocycles. The fraction of sp³-hybridized carbons (Fsp3) is 0.917. The monoisotopic (exact) mass is 412 g/mol. The first-order valence-corrected chi connectivity index (χ1v) is 12.2. The van der Waals surface area contributed by atoms with Crippen LogP contribution in [0.3, 0.4) is 0 Å². The summed E-state index contributed by atoms with van der Waals surface area (Å²) < 4.78 is 0.642. The smallest absolute Gasteiger partial charge is 0.219 e. The highest BCUT2D eigenvalue weighted by Crippen LogP contribution is 2.12. The predicted molar refractivity (Wildman–Crippen MR) is 119 cm³/mol. The van der Waals surface area contributed by atoms with Crippen molar-refractivity contribution in [2.45, 2.75) is 110 Å². The molecule has 0 rings (SSSR count). The second kappa shape index (κ2) is 18.9. The molecule has 0 atom stereocenters. The van der Waals surface area contributed by atoms with Crippen LogP contribution in [0.4, 0.5) is 0 Å². The molecule has 0 aromatic carbocycles. The van der Waals surface area contributed by atoms with Gasteiger partial charge < -0.3 is 19.7 Å². The highest BCUT2D eigenvalue weighted by Gasteiger charge is 2.14. The Labute approximate surface area is 180 Å². The van der Waals surface area contributed by atoms with Crippen molar-refractivity contribution in [2.75, 3.05) is 33.7 Å². The van der Waals surface area contributed by atoms with E-state index in [0.29, 0.717) is 24.0 Å². The van der Waals surface area contributed by atoms with E-state index in [0.717, 1.165) is 25.8 Å². The van der Waals surface area contributed by atoms with Gasteiger partial charge in [-0.3, -0.25) is 4.79 Å². The van der Waals surface area contributed by atoms with Crippen LogP contribution in [-0.4, -0.2) is 50.1 Å². The number of amides is 1. The number of carboxylic acid groups (broad SMARTS) is 1. The summed E-state index contributed by atoms with van der Waals surface area (Å²) in [5.74, 6) is -0.851. The second-order valence-corrected chi connectivity index (χ2v) is 9.20. The summed E-state index contributed by atoms with van der Waals surface area (Å²) in [6, 6.07) is 0. The van der Waals surface area contributed by atoms with Crippen LogP contribution in [0.2, 0.25) is 0 Å². The molecule has 0 aromatic rings. The third-order valence-electron chi connectivity index (χ3n) is 5.69. The number of rotatable bonds is 21. The molecule has 0 bridgehead atoms. The van der Waals surface area contributed by atoms with Gasteiger partial charge in [-0.2, -0.15) is 0 Å². The lowest BCUT2D eigenvalue weighted by Gasteiger charge is -2.30. The molecule has 1 amide bonds. The molecule has 0 saturated carbocycles. The summed E-state index contributed by atoms with van der Waals surface area (Å²) in [5, 5.41) is 13.5. The maximum atomic E-state index is 11.9. The molecular weight excluding hydrogens is 364 g/mol. The number of hydrogen-bond acceptors (Lipinski definition) is 3. The largest absolute Gasteiger partial charge is 0.550 e. The lowest BCUT2D eigenvalue weighted by molar-refractivity contribution is -0.890. The fourth-order valence-electron chi connectivity index (χ4n) is 3.63. The first-order chi connectivity index (χ1) is 13.9. The molecule has 5 heteroatoms. The molecule has 0 aliphatic heterocycles. The van der Waals surface area contributed by atoms with Crippen molar-refractivity contribution in [1.82, 2.24) is 5.32 Å². The molecule has 0 radical (unpaired) electrons. The summed E-state index contributed by atoms with van der Waals surface area (Å²) in [6.07, 6.45) is 18.7. The number of carbonyl (C=O) groups is 2. The van der Waals surface area contributed by atoms with E-state index in [1.807, 2.05) is 14.1 Å². The summed E-state index contributed by atoms with van der Waals surface area (Å²) in [5.41, 5.74) is 0. The number of nitrogens with one attached hydrogen (secondary N) is 1. The summed E-state index contributed by atoms with van der Waals surface area (Å²) in [4.78, 5) is 22.4. The Morgan fingerprint density at radius 2 is 1.17 bits per heavy atom. The Bertz CT molecular complexity index is 411. The van der Waals surface area contributed by atoms with E-state index >= 15 is 0 Å². The highest BCUT2D eigenvalue weighted by molar-refractivity contribution is 5.75. The van der Waals surface area contributed by atoms with Crippen LogP contribution < -0.4 is 10.4 Å². The van der Waals surface area contributed by atoms with E-state index in [2.05, 4.69) is 12.2 Å². The molecule has 0 unspecified atom stereocenters. The van der Waals surface area contributed by atoms with Gasteiger partial charge in [0, 0.05) is 31.8 Å². The van der Waals surface area contributed by atoms with Crippen molar-refractivity contribution in [3.05, 3.63) is 0 Å². The van der Waals surface area contributed by atoms with E-state index in [4.69, 9.17) is 0 Å². The summed E-state index contributed by atoms with van der Waals surface area (Å²) >= 11 is 0. The molecule has 5 nitrogen and oxygen atoms in total. The molecule has 29 heavy (non-hydrogen) atoms. The molecule has 0 fully saturated rings. The first-order valence-electron chi connectivity index (χ1n) is 12.2. The van der Waals surface area contributed by atoms with Crippen molar-refractivity contribution in [3.8, 4) is 0 Å². The molecule has 0 saturated heterocycles. The lowest BCUT2D eigenvalue weighted by Crippen LogP contribution is -2.44. The number of unbranched alkanes of at least 4 members (excludes halogenated alkanes) is 12. The molecule has 0 aliphatic rings. The van der Waals surface area contributed by atoms with Crippen LogP contribution >= 0.6 is 0 Å². The minimum absolute atomic E-state index is 0.0818. The number of carbonyl (C=O) groups excluding carboxylic acids is 2. The van der Waals surface area contributed by atoms with Gasteiger partial charge in [0.2, 0.25) is 5.91 Å². The van der Waals surface area contributed by atoms with Crippen molar-refractivity contribution in [1.29, 1.82) is 0 Å². The van der Waals surface area contributed by atoms with Gasteiger partial charge in [0.15, 0.2) is 0 Å². The van der Waals surface area contributed by atoms with E-state index in [9.17, 15) is 14.7 Å². The van der Waals surface area contributed by atoms with Gasteiger partial charge >= 0.3 is 0 Å². The Morgan fingerprint density at radius 3 is 1.66 bits per heavy atom. The normalized spacial score (nSPS) is 11.6. The van der Waals surface area contributed by atoms with E-state index in [1.54, 1.807) is 0 Å². The third-order valence-corrected chi connectivity index (χ3v) is 5.69. The number of aliphatic carboxylic acids is 1.